The zero-order valence-corrected chi connectivity index (χ0v) is 9.54. The molecule has 0 aliphatic heterocycles. The zero-order chi connectivity index (χ0) is 11.5. The van der Waals surface area contributed by atoms with Crippen LogP contribution in [0.5, 0.6) is 0 Å². The Bertz CT molecular complexity index is 413. The van der Waals surface area contributed by atoms with E-state index in [-0.39, 0.29) is 13.1 Å². The number of nitrogens with zero attached hydrogens (tertiary/aromatic N) is 1. The molecule has 0 radical (unpaired) electrons. The van der Waals surface area contributed by atoms with Crippen LogP contribution in [0.3, 0.4) is 0 Å². The summed E-state index contributed by atoms with van der Waals surface area (Å²) in [5, 5.41) is 3.04. The van der Waals surface area contributed by atoms with Crippen LogP contribution in [0.4, 0.5) is 0 Å². The lowest BCUT2D eigenvalue weighted by atomic mass is 10.4. The Morgan fingerprint density at radius 3 is 2.80 bits per heavy atom. The van der Waals surface area contributed by atoms with Crippen molar-refractivity contribution < 1.29 is 12.9 Å². The van der Waals surface area contributed by atoms with E-state index in [0.717, 1.165) is 5.69 Å². The quantitative estimate of drug-likeness (QED) is 0.730. The van der Waals surface area contributed by atoms with Crippen molar-refractivity contribution >= 4 is 10.0 Å². The van der Waals surface area contributed by atoms with E-state index in [1.807, 2.05) is 0 Å². The van der Waals surface area contributed by atoms with Crippen LogP contribution in [0.1, 0.15) is 18.4 Å². The van der Waals surface area contributed by atoms with Gasteiger partial charge in [-0.15, -0.1) is 0 Å². The summed E-state index contributed by atoms with van der Waals surface area (Å²) in [7, 11) is -3.36. The van der Waals surface area contributed by atoms with Crippen LogP contribution in [0.25, 0.3) is 0 Å². The molecule has 0 saturated carbocycles. The molecule has 1 rings (SSSR count). The standard InChI is InChI=1S/C8H15N3O3S/c1-6-3-8(14-11-6)5-10-15(12,13)7(2)4-9/h3,7,10H,4-5,9H2,1-2H3. The van der Waals surface area contributed by atoms with E-state index >= 15 is 0 Å². The third kappa shape index (κ3) is 3.29. The third-order valence-electron chi connectivity index (χ3n) is 1.99. The molecule has 3 N–H and O–H groups in total. The molecule has 1 atom stereocenters. The first-order chi connectivity index (χ1) is 6.95. The molecule has 0 fully saturated rings. The summed E-state index contributed by atoms with van der Waals surface area (Å²) in [6.07, 6.45) is 0. The topological polar surface area (TPSA) is 98.2 Å². The van der Waals surface area contributed by atoms with Crippen molar-refractivity contribution in [1.82, 2.24) is 9.88 Å². The summed E-state index contributed by atoms with van der Waals surface area (Å²) in [6.45, 7) is 3.51. The summed E-state index contributed by atoms with van der Waals surface area (Å²) in [5.41, 5.74) is 5.99. The zero-order valence-electron chi connectivity index (χ0n) is 8.73. The molecule has 1 unspecified atom stereocenters. The molecule has 6 nitrogen and oxygen atoms in total. The molecule has 0 spiro atoms. The van der Waals surface area contributed by atoms with Crippen LogP contribution >= 0.6 is 0 Å². The number of nitrogens with one attached hydrogen (secondary N) is 1. The van der Waals surface area contributed by atoms with Crippen molar-refractivity contribution in [2.45, 2.75) is 25.6 Å². The van der Waals surface area contributed by atoms with Gasteiger partial charge in [0.1, 0.15) is 0 Å². The van der Waals surface area contributed by atoms with Gasteiger partial charge in [-0.1, -0.05) is 5.16 Å². The second kappa shape index (κ2) is 4.73. The van der Waals surface area contributed by atoms with E-state index < -0.39 is 15.3 Å². The van der Waals surface area contributed by atoms with Crippen LogP contribution < -0.4 is 10.5 Å². The minimum Gasteiger partial charge on any atom is -0.360 e. The molecule has 15 heavy (non-hydrogen) atoms. The molecule has 7 heteroatoms. The fraction of sp³-hybridized carbons (Fsp3) is 0.625. The Kier molecular flexibility index (Phi) is 3.83. The Balaban J connectivity index is 2.57. The molecule has 1 aromatic heterocycles. The molecule has 0 aliphatic rings. The van der Waals surface area contributed by atoms with Gasteiger partial charge < -0.3 is 10.3 Å². The maximum Gasteiger partial charge on any atom is 0.215 e. The maximum atomic E-state index is 11.5. The van der Waals surface area contributed by atoms with Crippen molar-refractivity contribution in [3.05, 3.63) is 17.5 Å². The first-order valence-electron chi connectivity index (χ1n) is 4.56. The van der Waals surface area contributed by atoms with Gasteiger partial charge in [0.2, 0.25) is 10.0 Å². The number of aryl methyl sites for hydroxylation is 1. The van der Waals surface area contributed by atoms with Gasteiger partial charge >= 0.3 is 0 Å². The summed E-state index contributed by atoms with van der Waals surface area (Å²) in [4.78, 5) is 0. The van der Waals surface area contributed by atoms with Crippen molar-refractivity contribution in [3.63, 3.8) is 0 Å². The Morgan fingerprint density at radius 1 is 1.67 bits per heavy atom. The third-order valence-corrected chi connectivity index (χ3v) is 3.78. The van der Waals surface area contributed by atoms with E-state index in [2.05, 4.69) is 9.88 Å². The highest BCUT2D eigenvalue weighted by molar-refractivity contribution is 7.90. The minimum atomic E-state index is -3.36. The van der Waals surface area contributed by atoms with E-state index in [9.17, 15) is 8.42 Å². The van der Waals surface area contributed by atoms with Crippen LogP contribution in [0, 0.1) is 6.92 Å². The van der Waals surface area contributed by atoms with E-state index in [1.165, 1.54) is 0 Å². The number of rotatable bonds is 5. The summed E-state index contributed by atoms with van der Waals surface area (Å²) in [5.74, 6) is 0.486. The second-order valence-corrected chi connectivity index (χ2v) is 5.53. The van der Waals surface area contributed by atoms with Crippen LogP contribution in [0.2, 0.25) is 0 Å². The Morgan fingerprint density at radius 2 is 2.33 bits per heavy atom. The van der Waals surface area contributed by atoms with Crippen molar-refractivity contribution in [3.8, 4) is 0 Å². The van der Waals surface area contributed by atoms with Gasteiger partial charge in [0.05, 0.1) is 17.5 Å². The molecule has 86 valence electrons. The molecule has 0 bridgehead atoms. The Labute approximate surface area is 88.9 Å². The van der Waals surface area contributed by atoms with Gasteiger partial charge in [0.15, 0.2) is 5.76 Å². The minimum absolute atomic E-state index is 0.0881. The average molecular weight is 233 g/mol. The van der Waals surface area contributed by atoms with Crippen LogP contribution in [-0.4, -0.2) is 25.4 Å². The van der Waals surface area contributed by atoms with Crippen LogP contribution in [-0.2, 0) is 16.6 Å². The smallest absolute Gasteiger partial charge is 0.215 e. The molecule has 1 aromatic rings. The molecular formula is C8H15N3O3S. The fourth-order valence-corrected chi connectivity index (χ4v) is 1.82. The highest BCUT2D eigenvalue weighted by atomic mass is 32.2. The summed E-state index contributed by atoms with van der Waals surface area (Å²) < 4.78 is 30.2. The van der Waals surface area contributed by atoms with Crippen LogP contribution in [0.15, 0.2) is 10.6 Å². The highest BCUT2D eigenvalue weighted by Crippen LogP contribution is 2.03. The van der Waals surface area contributed by atoms with Gasteiger partial charge in [-0.05, 0) is 13.8 Å². The number of sulfonamides is 1. The monoisotopic (exact) mass is 233 g/mol. The van der Waals surface area contributed by atoms with Gasteiger partial charge in [-0.2, -0.15) is 0 Å². The Hall–Kier alpha value is -0.920. The van der Waals surface area contributed by atoms with Gasteiger partial charge in [0, 0.05) is 12.6 Å². The molecule has 0 aliphatic carbocycles. The van der Waals surface area contributed by atoms with Crippen molar-refractivity contribution in [2.24, 2.45) is 5.73 Å². The first kappa shape index (κ1) is 12.2. The van der Waals surface area contributed by atoms with Crippen molar-refractivity contribution in [2.75, 3.05) is 6.54 Å². The average Bonchev–Trinajstić information content (AvgIpc) is 2.60. The normalized spacial score (nSPS) is 14.1. The fourth-order valence-electron chi connectivity index (χ4n) is 0.940. The molecule has 1 heterocycles. The lowest BCUT2D eigenvalue weighted by Crippen LogP contribution is -2.36. The SMILES string of the molecule is Cc1cc(CNS(=O)(=O)C(C)CN)on1. The molecule has 0 saturated heterocycles. The molecular weight excluding hydrogens is 218 g/mol. The maximum absolute atomic E-state index is 11.5. The van der Waals surface area contributed by atoms with Crippen molar-refractivity contribution in [1.29, 1.82) is 0 Å². The lowest BCUT2D eigenvalue weighted by molar-refractivity contribution is 0.376. The van der Waals surface area contributed by atoms with Gasteiger partial charge in [-0.3, -0.25) is 0 Å². The predicted molar refractivity (Wildman–Crippen MR) is 55.5 cm³/mol. The summed E-state index contributed by atoms with van der Waals surface area (Å²) in [6, 6.07) is 1.68. The van der Waals surface area contributed by atoms with E-state index in [1.54, 1.807) is 19.9 Å². The van der Waals surface area contributed by atoms with Gasteiger partial charge in [0.25, 0.3) is 0 Å². The number of nitrogens with two attached hydrogens (primary N) is 1. The largest absolute Gasteiger partial charge is 0.360 e. The number of hydrogen-bond acceptors (Lipinski definition) is 5. The highest BCUT2D eigenvalue weighted by Gasteiger charge is 2.19. The van der Waals surface area contributed by atoms with E-state index in [4.69, 9.17) is 10.3 Å². The number of aromatic nitrogens is 1. The first-order valence-corrected chi connectivity index (χ1v) is 6.11. The van der Waals surface area contributed by atoms with Gasteiger partial charge in [-0.25, -0.2) is 13.1 Å². The van der Waals surface area contributed by atoms with E-state index in [0.29, 0.717) is 5.76 Å². The lowest BCUT2D eigenvalue weighted by Gasteiger charge is -2.10. The predicted octanol–water partition coefficient (Wildman–Crippen LogP) is -0.250. The molecule has 0 amide bonds. The summed E-state index contributed by atoms with van der Waals surface area (Å²) >= 11 is 0. The number of hydrogen-bond donors (Lipinski definition) is 2. The second-order valence-electron chi connectivity index (χ2n) is 3.35. The molecule has 0 aromatic carbocycles.